The molecule has 152 valence electrons. The van der Waals surface area contributed by atoms with Crippen LogP contribution in [0.4, 0.5) is 5.13 Å². The lowest BCUT2D eigenvalue weighted by Crippen LogP contribution is -2.49. The van der Waals surface area contributed by atoms with Crippen molar-refractivity contribution in [3.05, 3.63) is 54.1 Å². The van der Waals surface area contributed by atoms with E-state index >= 15 is 0 Å². The van der Waals surface area contributed by atoms with Gasteiger partial charge in [-0.3, -0.25) is 4.79 Å². The van der Waals surface area contributed by atoms with Gasteiger partial charge in [0, 0.05) is 31.7 Å². The number of piperazine rings is 1. The molecule has 8 nitrogen and oxygen atoms in total. The molecule has 0 aliphatic carbocycles. The Morgan fingerprint density at radius 3 is 2.57 bits per heavy atom. The number of fused-ring (bicyclic) bond motifs is 1. The molecule has 4 aromatic rings. The van der Waals surface area contributed by atoms with Crippen LogP contribution in [0.2, 0.25) is 0 Å². The Morgan fingerprint density at radius 2 is 1.80 bits per heavy atom. The monoisotopic (exact) mass is 419 g/mol. The van der Waals surface area contributed by atoms with E-state index < -0.39 is 0 Å². The number of hydrogen-bond donors (Lipinski definition) is 0. The average Bonchev–Trinajstić information content (AvgIpc) is 3.41. The number of nitrogens with zero attached hydrogens (tertiary/aromatic N) is 7. The third kappa shape index (κ3) is 3.76. The van der Waals surface area contributed by atoms with Crippen molar-refractivity contribution in [3.8, 4) is 11.4 Å². The summed E-state index contributed by atoms with van der Waals surface area (Å²) in [4.78, 5) is 22.9. The van der Waals surface area contributed by atoms with E-state index in [4.69, 9.17) is 4.98 Å². The molecule has 1 amide bonds. The second kappa shape index (κ2) is 7.83. The van der Waals surface area contributed by atoms with Gasteiger partial charge in [-0.15, -0.1) is 10.2 Å². The van der Waals surface area contributed by atoms with E-state index in [2.05, 4.69) is 26.4 Å². The Hall–Kier alpha value is -3.33. The fourth-order valence-electron chi connectivity index (χ4n) is 3.49. The third-order valence-electron chi connectivity index (χ3n) is 5.22. The average molecular weight is 420 g/mol. The smallest absolute Gasteiger partial charge is 0.246 e. The Labute approximate surface area is 177 Å². The number of thiazole rings is 1. The highest BCUT2D eigenvalue weighted by atomic mass is 32.1. The van der Waals surface area contributed by atoms with Crippen LogP contribution in [0.5, 0.6) is 0 Å². The van der Waals surface area contributed by atoms with Crippen molar-refractivity contribution in [1.29, 1.82) is 0 Å². The van der Waals surface area contributed by atoms with Gasteiger partial charge < -0.3 is 9.80 Å². The molecule has 2 aromatic heterocycles. The van der Waals surface area contributed by atoms with Crippen LogP contribution in [0.25, 0.3) is 21.6 Å². The number of aromatic nitrogens is 5. The van der Waals surface area contributed by atoms with Gasteiger partial charge in [-0.2, -0.15) is 4.80 Å². The second-order valence-electron chi connectivity index (χ2n) is 7.34. The van der Waals surface area contributed by atoms with Gasteiger partial charge in [0.25, 0.3) is 0 Å². The molecule has 0 unspecified atom stereocenters. The maximum atomic E-state index is 12.7. The van der Waals surface area contributed by atoms with Crippen LogP contribution in [-0.2, 0) is 11.3 Å². The molecular weight excluding hydrogens is 398 g/mol. The number of hydrogen-bond acceptors (Lipinski definition) is 7. The largest absolute Gasteiger partial charge is 0.345 e. The number of carbonyl (C=O) groups is 1. The predicted molar refractivity (Wildman–Crippen MR) is 116 cm³/mol. The molecule has 30 heavy (non-hydrogen) atoms. The number of para-hydroxylation sites is 1. The fourth-order valence-corrected chi connectivity index (χ4v) is 4.51. The molecule has 0 spiro atoms. The van der Waals surface area contributed by atoms with E-state index in [9.17, 15) is 4.79 Å². The predicted octanol–water partition coefficient (Wildman–Crippen LogP) is 2.61. The topological polar surface area (TPSA) is 80.0 Å². The van der Waals surface area contributed by atoms with E-state index in [1.165, 1.54) is 15.1 Å². The van der Waals surface area contributed by atoms with Crippen molar-refractivity contribution in [2.75, 3.05) is 31.1 Å². The lowest BCUT2D eigenvalue weighted by molar-refractivity contribution is -0.132. The Kier molecular flexibility index (Phi) is 4.88. The van der Waals surface area contributed by atoms with Gasteiger partial charge in [0.1, 0.15) is 6.54 Å². The molecule has 3 heterocycles. The summed E-state index contributed by atoms with van der Waals surface area (Å²) in [6, 6.07) is 16.1. The van der Waals surface area contributed by atoms with Crippen molar-refractivity contribution in [2.45, 2.75) is 13.5 Å². The summed E-state index contributed by atoms with van der Waals surface area (Å²) in [6.45, 7) is 4.99. The number of benzene rings is 2. The van der Waals surface area contributed by atoms with Gasteiger partial charge in [0.15, 0.2) is 5.13 Å². The summed E-state index contributed by atoms with van der Waals surface area (Å²) in [6.07, 6.45) is 0. The number of aryl methyl sites for hydroxylation is 1. The summed E-state index contributed by atoms with van der Waals surface area (Å²) >= 11 is 1.70. The summed E-state index contributed by atoms with van der Waals surface area (Å²) in [7, 11) is 0. The summed E-state index contributed by atoms with van der Waals surface area (Å²) in [5.41, 5.74) is 3.09. The minimum Gasteiger partial charge on any atom is -0.345 e. The van der Waals surface area contributed by atoms with Crippen molar-refractivity contribution in [2.24, 2.45) is 0 Å². The van der Waals surface area contributed by atoms with Gasteiger partial charge in [-0.1, -0.05) is 53.3 Å². The maximum absolute atomic E-state index is 12.7. The molecule has 0 bridgehead atoms. The van der Waals surface area contributed by atoms with Crippen LogP contribution in [0, 0.1) is 6.92 Å². The quantitative estimate of drug-likeness (QED) is 0.506. The highest BCUT2D eigenvalue weighted by molar-refractivity contribution is 7.22. The molecule has 2 aromatic carbocycles. The summed E-state index contributed by atoms with van der Waals surface area (Å²) < 4.78 is 1.19. The maximum Gasteiger partial charge on any atom is 0.246 e. The van der Waals surface area contributed by atoms with E-state index in [1.807, 2.05) is 54.3 Å². The van der Waals surface area contributed by atoms with Crippen molar-refractivity contribution in [3.63, 3.8) is 0 Å². The van der Waals surface area contributed by atoms with E-state index in [0.29, 0.717) is 18.9 Å². The van der Waals surface area contributed by atoms with E-state index in [1.54, 1.807) is 11.3 Å². The molecule has 9 heteroatoms. The van der Waals surface area contributed by atoms with Crippen molar-refractivity contribution in [1.82, 2.24) is 30.1 Å². The van der Waals surface area contributed by atoms with Crippen molar-refractivity contribution >= 4 is 32.6 Å². The zero-order valence-corrected chi connectivity index (χ0v) is 17.4. The van der Waals surface area contributed by atoms with Gasteiger partial charge in [-0.25, -0.2) is 4.98 Å². The third-order valence-corrected chi connectivity index (χ3v) is 6.32. The van der Waals surface area contributed by atoms with Crippen LogP contribution in [0.15, 0.2) is 48.5 Å². The summed E-state index contributed by atoms with van der Waals surface area (Å²) in [5.74, 6) is 0.537. The molecular formula is C21H21N7OS. The minimum atomic E-state index is 0.00630. The zero-order chi connectivity index (χ0) is 20.5. The highest BCUT2D eigenvalue weighted by Gasteiger charge is 2.24. The Bertz CT molecular complexity index is 1140. The standard InChI is InChI=1S/C21H21N7OS/c1-15-6-8-16(9-7-15)20-23-25-28(24-20)14-19(29)26-10-12-27(13-11-26)21-22-17-4-2-3-5-18(17)30-21/h2-9H,10-14H2,1H3. The molecule has 1 aliphatic heterocycles. The first kappa shape index (κ1) is 18.7. The molecule has 1 fully saturated rings. The Balaban J connectivity index is 1.19. The molecule has 0 radical (unpaired) electrons. The molecule has 0 atom stereocenters. The number of carbonyl (C=O) groups excluding carboxylic acids is 1. The highest BCUT2D eigenvalue weighted by Crippen LogP contribution is 2.29. The van der Waals surface area contributed by atoms with Crippen LogP contribution in [0.1, 0.15) is 5.56 Å². The van der Waals surface area contributed by atoms with Gasteiger partial charge >= 0.3 is 0 Å². The minimum absolute atomic E-state index is 0.00630. The Morgan fingerprint density at radius 1 is 1.03 bits per heavy atom. The molecule has 1 aliphatic rings. The first-order chi connectivity index (χ1) is 14.7. The van der Waals surface area contributed by atoms with Crippen LogP contribution >= 0.6 is 11.3 Å². The first-order valence-corrected chi connectivity index (χ1v) is 10.7. The number of rotatable bonds is 4. The number of anilines is 1. The number of amides is 1. The van der Waals surface area contributed by atoms with Gasteiger partial charge in [-0.05, 0) is 24.3 Å². The fraction of sp³-hybridized carbons (Fsp3) is 0.286. The summed E-state index contributed by atoms with van der Waals surface area (Å²) in [5, 5.41) is 13.5. The second-order valence-corrected chi connectivity index (χ2v) is 8.35. The van der Waals surface area contributed by atoms with Crippen LogP contribution in [0.3, 0.4) is 0 Å². The van der Waals surface area contributed by atoms with Crippen LogP contribution in [-0.4, -0.2) is 62.2 Å². The molecule has 0 saturated carbocycles. The van der Waals surface area contributed by atoms with Crippen molar-refractivity contribution < 1.29 is 4.79 Å². The lowest BCUT2D eigenvalue weighted by atomic mass is 10.1. The number of tetrazole rings is 1. The molecule has 1 saturated heterocycles. The molecule has 0 N–H and O–H groups in total. The van der Waals surface area contributed by atoms with Gasteiger partial charge in [0.05, 0.1) is 10.2 Å². The molecule has 5 rings (SSSR count). The SMILES string of the molecule is Cc1ccc(-c2nnn(CC(=O)N3CCN(c4nc5ccccc5s4)CC3)n2)cc1. The van der Waals surface area contributed by atoms with Crippen LogP contribution < -0.4 is 4.90 Å². The zero-order valence-electron chi connectivity index (χ0n) is 16.6. The van der Waals surface area contributed by atoms with E-state index in [-0.39, 0.29) is 12.5 Å². The van der Waals surface area contributed by atoms with Gasteiger partial charge in [0.2, 0.25) is 11.7 Å². The first-order valence-electron chi connectivity index (χ1n) is 9.89. The normalized spacial score (nSPS) is 14.4. The van der Waals surface area contributed by atoms with E-state index in [0.717, 1.165) is 29.3 Å². The lowest BCUT2D eigenvalue weighted by Gasteiger charge is -2.34.